The fourth-order valence-corrected chi connectivity index (χ4v) is 3.50. The zero-order valence-electron chi connectivity index (χ0n) is 15.4. The minimum Gasteiger partial charge on any atom is -0.258 e. The van der Waals surface area contributed by atoms with Crippen LogP contribution in [-0.4, -0.2) is 50.3 Å². The van der Waals surface area contributed by atoms with E-state index in [4.69, 9.17) is 23.2 Å². The first-order valence-corrected chi connectivity index (χ1v) is 10.1. The van der Waals surface area contributed by atoms with E-state index in [1.807, 2.05) is 0 Å². The van der Waals surface area contributed by atoms with Crippen molar-refractivity contribution in [3.05, 3.63) is 66.7 Å². The van der Waals surface area contributed by atoms with Crippen molar-refractivity contribution in [1.29, 1.82) is 0 Å². The van der Waals surface area contributed by atoms with Crippen LogP contribution in [0.2, 0.25) is 10.0 Å². The molecule has 0 spiro atoms. The topological polar surface area (TPSA) is 173 Å². The number of aromatic nitrogens is 8. The highest BCUT2D eigenvalue weighted by Crippen LogP contribution is 2.28. The van der Waals surface area contributed by atoms with Gasteiger partial charge >= 0.3 is 0 Å². The van der Waals surface area contributed by atoms with Crippen LogP contribution in [0.15, 0.2) is 41.6 Å². The van der Waals surface area contributed by atoms with Gasteiger partial charge in [-0.1, -0.05) is 35.0 Å². The van der Waals surface area contributed by atoms with Gasteiger partial charge in [-0.2, -0.15) is 9.48 Å². The Balaban J connectivity index is 1.54. The summed E-state index contributed by atoms with van der Waals surface area (Å²) in [5, 5.41) is 46.6. The molecule has 0 saturated carbocycles. The summed E-state index contributed by atoms with van der Waals surface area (Å²) in [6.07, 6.45) is 0. The van der Waals surface area contributed by atoms with E-state index >= 15 is 0 Å². The van der Waals surface area contributed by atoms with E-state index < -0.39 is 21.2 Å². The number of tetrazole rings is 2. The Hall–Kier alpha value is -3.69. The van der Waals surface area contributed by atoms with Gasteiger partial charge in [0.1, 0.15) is 5.88 Å². The zero-order chi connectivity index (χ0) is 22.8. The Kier molecular flexibility index (Phi) is 5.93. The molecule has 32 heavy (non-hydrogen) atoms. The summed E-state index contributed by atoms with van der Waals surface area (Å²) < 4.78 is 1.44. The summed E-state index contributed by atoms with van der Waals surface area (Å²) in [4.78, 5) is 21.9. The Morgan fingerprint density at radius 2 is 1.66 bits per heavy atom. The SMILES string of the molecule is O=[N+]([O-])c1cc(-c2nnn(CSc3nnnn3-c3ccc(Cl)c(Cl)c3)n2)cc([N+](=O)[O-])c1. The third-order valence-corrected chi connectivity index (χ3v) is 5.54. The highest BCUT2D eigenvalue weighted by molar-refractivity contribution is 7.98. The molecule has 0 atom stereocenters. The van der Waals surface area contributed by atoms with Crippen LogP contribution in [0.3, 0.4) is 0 Å². The van der Waals surface area contributed by atoms with E-state index in [0.717, 1.165) is 18.2 Å². The van der Waals surface area contributed by atoms with Crippen LogP contribution < -0.4 is 0 Å². The maximum Gasteiger partial charge on any atom is 0.277 e. The third-order valence-electron chi connectivity index (χ3n) is 3.93. The first-order chi connectivity index (χ1) is 15.3. The molecular weight excluding hydrogens is 487 g/mol. The summed E-state index contributed by atoms with van der Waals surface area (Å²) in [6, 6.07) is 8.02. The number of halogens is 2. The predicted molar refractivity (Wildman–Crippen MR) is 112 cm³/mol. The molecule has 0 N–H and O–H groups in total. The predicted octanol–water partition coefficient (Wildman–Crippen LogP) is 3.19. The van der Waals surface area contributed by atoms with Crippen LogP contribution in [-0.2, 0) is 5.88 Å². The largest absolute Gasteiger partial charge is 0.277 e. The van der Waals surface area contributed by atoms with Gasteiger partial charge in [0.15, 0.2) is 0 Å². The Bertz CT molecular complexity index is 1310. The molecule has 2 heterocycles. The van der Waals surface area contributed by atoms with Gasteiger partial charge in [0.2, 0.25) is 11.0 Å². The van der Waals surface area contributed by atoms with Crippen molar-refractivity contribution in [3.63, 3.8) is 0 Å². The minimum atomic E-state index is -0.736. The molecule has 0 fully saturated rings. The fraction of sp³-hybridized carbons (Fsp3) is 0.0667. The molecule has 2 aromatic heterocycles. The van der Waals surface area contributed by atoms with E-state index in [1.54, 1.807) is 18.2 Å². The molecule has 0 saturated heterocycles. The minimum absolute atomic E-state index is 0.0125. The lowest BCUT2D eigenvalue weighted by atomic mass is 10.1. The molecule has 0 bridgehead atoms. The molecule has 2 aromatic carbocycles. The van der Waals surface area contributed by atoms with Gasteiger partial charge in [-0.3, -0.25) is 20.2 Å². The third kappa shape index (κ3) is 4.48. The Morgan fingerprint density at radius 1 is 0.938 bits per heavy atom. The van der Waals surface area contributed by atoms with Crippen molar-refractivity contribution in [3.8, 4) is 17.1 Å². The van der Waals surface area contributed by atoms with Crippen molar-refractivity contribution in [2.24, 2.45) is 0 Å². The smallest absolute Gasteiger partial charge is 0.258 e. The molecule has 0 aliphatic carbocycles. The van der Waals surface area contributed by atoms with Crippen molar-refractivity contribution in [1.82, 2.24) is 40.4 Å². The first-order valence-electron chi connectivity index (χ1n) is 8.40. The average Bonchev–Trinajstić information content (AvgIpc) is 3.43. The maximum absolute atomic E-state index is 11.1. The zero-order valence-corrected chi connectivity index (χ0v) is 17.8. The quantitative estimate of drug-likeness (QED) is 0.209. The van der Waals surface area contributed by atoms with Gasteiger partial charge in [-0.05, 0) is 33.8 Å². The van der Waals surface area contributed by atoms with Crippen LogP contribution >= 0.6 is 35.0 Å². The highest BCUT2D eigenvalue weighted by atomic mass is 35.5. The molecule has 0 unspecified atom stereocenters. The van der Waals surface area contributed by atoms with Crippen LogP contribution in [0.5, 0.6) is 0 Å². The highest BCUT2D eigenvalue weighted by Gasteiger charge is 2.20. The Morgan fingerprint density at radius 3 is 2.31 bits per heavy atom. The van der Waals surface area contributed by atoms with Crippen LogP contribution in [0.4, 0.5) is 11.4 Å². The molecule has 162 valence electrons. The number of rotatable bonds is 7. The second-order valence-electron chi connectivity index (χ2n) is 5.98. The lowest BCUT2D eigenvalue weighted by Gasteiger charge is -2.05. The molecule has 0 aliphatic heterocycles. The number of thioether (sulfide) groups is 1. The number of non-ortho nitro benzene ring substituents is 2. The standard InChI is InChI=1S/C15H8Cl2N10O4S/c16-12-2-1-9(6-13(12)17)25-15(19-21-23-25)32-7-24-20-14(18-22-24)8-3-10(26(28)29)5-11(4-8)27(30)31/h1-6H,7H2. The van der Waals surface area contributed by atoms with Crippen molar-refractivity contribution < 1.29 is 9.85 Å². The molecule has 0 radical (unpaired) electrons. The van der Waals surface area contributed by atoms with Crippen molar-refractivity contribution in [2.75, 3.05) is 0 Å². The molecular formula is C15H8Cl2N10O4S. The number of nitro benzene ring substituents is 2. The van der Waals surface area contributed by atoms with Gasteiger partial charge in [0, 0.05) is 17.7 Å². The first kappa shape index (κ1) is 21.5. The summed E-state index contributed by atoms with van der Waals surface area (Å²) in [7, 11) is 0. The van der Waals surface area contributed by atoms with E-state index in [1.165, 1.54) is 21.2 Å². The average molecular weight is 495 g/mol. The lowest BCUT2D eigenvalue weighted by Crippen LogP contribution is -2.03. The number of hydrogen-bond donors (Lipinski definition) is 0. The molecule has 0 amide bonds. The number of hydrogen-bond acceptors (Lipinski definition) is 11. The summed E-state index contributed by atoms with van der Waals surface area (Å²) in [6.45, 7) is 0. The summed E-state index contributed by atoms with van der Waals surface area (Å²) in [5.74, 6) is 0.118. The molecule has 0 aliphatic rings. The molecule has 17 heteroatoms. The number of nitrogens with zero attached hydrogens (tertiary/aromatic N) is 10. The summed E-state index contributed by atoms with van der Waals surface area (Å²) >= 11 is 13.1. The van der Waals surface area contributed by atoms with E-state index in [9.17, 15) is 20.2 Å². The number of benzene rings is 2. The fourth-order valence-electron chi connectivity index (χ4n) is 2.51. The second kappa shape index (κ2) is 8.81. The maximum atomic E-state index is 11.1. The molecule has 4 aromatic rings. The monoisotopic (exact) mass is 494 g/mol. The lowest BCUT2D eigenvalue weighted by molar-refractivity contribution is -0.394. The van der Waals surface area contributed by atoms with E-state index in [0.29, 0.717) is 20.9 Å². The Labute approximate surface area is 191 Å². The second-order valence-corrected chi connectivity index (χ2v) is 7.71. The van der Waals surface area contributed by atoms with Gasteiger partial charge < -0.3 is 0 Å². The van der Waals surface area contributed by atoms with Gasteiger partial charge in [-0.15, -0.1) is 15.3 Å². The van der Waals surface area contributed by atoms with Crippen LogP contribution in [0, 0.1) is 20.2 Å². The normalized spacial score (nSPS) is 10.9. The van der Waals surface area contributed by atoms with Gasteiger partial charge in [-0.25, -0.2) is 0 Å². The molecule has 4 rings (SSSR count). The van der Waals surface area contributed by atoms with Gasteiger partial charge in [0.05, 0.1) is 31.6 Å². The number of nitro groups is 2. The van der Waals surface area contributed by atoms with Crippen molar-refractivity contribution in [2.45, 2.75) is 11.0 Å². The van der Waals surface area contributed by atoms with Crippen LogP contribution in [0.25, 0.3) is 17.1 Å². The van der Waals surface area contributed by atoms with Crippen LogP contribution in [0.1, 0.15) is 0 Å². The van der Waals surface area contributed by atoms with Crippen molar-refractivity contribution >= 4 is 46.3 Å². The van der Waals surface area contributed by atoms with E-state index in [2.05, 4.69) is 30.9 Å². The van der Waals surface area contributed by atoms with E-state index in [-0.39, 0.29) is 17.3 Å². The summed E-state index contributed by atoms with van der Waals surface area (Å²) in [5.41, 5.74) is -0.243. The molecule has 14 nitrogen and oxygen atoms in total. The van der Waals surface area contributed by atoms with Gasteiger partial charge in [0.25, 0.3) is 11.4 Å².